The third-order valence-corrected chi connectivity index (χ3v) is 4.17. The van der Waals surface area contributed by atoms with Crippen LogP contribution in [0, 0.1) is 5.92 Å². The van der Waals surface area contributed by atoms with Crippen molar-refractivity contribution in [1.82, 2.24) is 14.9 Å². The summed E-state index contributed by atoms with van der Waals surface area (Å²) in [5.41, 5.74) is 2.66. The molecule has 0 aliphatic carbocycles. The van der Waals surface area contributed by atoms with E-state index in [1.807, 2.05) is 0 Å². The van der Waals surface area contributed by atoms with Crippen molar-refractivity contribution in [3.05, 3.63) is 40.1 Å². The van der Waals surface area contributed by atoms with E-state index < -0.39 is 0 Å². The van der Waals surface area contributed by atoms with E-state index in [2.05, 4.69) is 68.3 Å². The number of nitrogens with zero attached hydrogens (tertiary/aromatic N) is 2. The molecule has 0 aliphatic heterocycles. The summed E-state index contributed by atoms with van der Waals surface area (Å²) in [5, 5.41) is 6.84. The van der Waals surface area contributed by atoms with Crippen LogP contribution in [0.4, 0.5) is 0 Å². The van der Waals surface area contributed by atoms with Gasteiger partial charge < -0.3 is 9.88 Å². The van der Waals surface area contributed by atoms with Gasteiger partial charge in [0.05, 0.1) is 12.2 Å². The molecule has 0 unspecified atom stereocenters. The van der Waals surface area contributed by atoms with Crippen molar-refractivity contribution >= 4 is 11.3 Å². The summed E-state index contributed by atoms with van der Waals surface area (Å²) < 4.78 is 2.22. The molecule has 2 aromatic heterocycles. The van der Waals surface area contributed by atoms with Gasteiger partial charge in [-0.2, -0.15) is 0 Å². The standard InChI is InChI=1S/C17H27N3S/c1-13(2)8-18-9-14-6-7-20(10-14)11-16-19-15(12-21-16)17(3,4)5/h6-7,10,12-13,18H,8-9,11H2,1-5H3. The first kappa shape index (κ1) is 16.2. The Balaban J connectivity index is 1.91. The topological polar surface area (TPSA) is 29.9 Å². The molecule has 0 saturated heterocycles. The van der Waals surface area contributed by atoms with Gasteiger partial charge in [-0.15, -0.1) is 11.3 Å². The Morgan fingerprint density at radius 1 is 1.33 bits per heavy atom. The Morgan fingerprint density at radius 2 is 2.10 bits per heavy atom. The van der Waals surface area contributed by atoms with Gasteiger partial charge in [0, 0.05) is 29.7 Å². The van der Waals surface area contributed by atoms with Gasteiger partial charge in [0.25, 0.3) is 0 Å². The summed E-state index contributed by atoms with van der Waals surface area (Å²) in [7, 11) is 0. The number of rotatable bonds is 6. The van der Waals surface area contributed by atoms with Gasteiger partial charge in [-0.1, -0.05) is 34.6 Å². The fraction of sp³-hybridized carbons (Fsp3) is 0.588. The van der Waals surface area contributed by atoms with Crippen LogP contribution in [0.5, 0.6) is 0 Å². The molecule has 0 bridgehead atoms. The second kappa shape index (κ2) is 6.75. The second-order valence-electron chi connectivity index (χ2n) is 7.09. The molecule has 0 atom stereocenters. The molecular weight excluding hydrogens is 278 g/mol. The van der Waals surface area contributed by atoms with Crippen molar-refractivity contribution in [3.63, 3.8) is 0 Å². The van der Waals surface area contributed by atoms with E-state index in [0.717, 1.165) is 19.6 Å². The second-order valence-corrected chi connectivity index (χ2v) is 8.04. The summed E-state index contributed by atoms with van der Waals surface area (Å²) in [4.78, 5) is 4.75. The number of nitrogens with one attached hydrogen (secondary N) is 1. The molecule has 3 nitrogen and oxygen atoms in total. The lowest BCUT2D eigenvalue weighted by atomic mass is 9.93. The van der Waals surface area contributed by atoms with E-state index >= 15 is 0 Å². The highest BCUT2D eigenvalue weighted by Gasteiger charge is 2.17. The zero-order valence-corrected chi connectivity index (χ0v) is 14.6. The van der Waals surface area contributed by atoms with Gasteiger partial charge in [-0.05, 0) is 24.1 Å². The zero-order chi connectivity index (χ0) is 15.5. The van der Waals surface area contributed by atoms with Crippen molar-refractivity contribution in [1.29, 1.82) is 0 Å². The van der Waals surface area contributed by atoms with Crippen LogP contribution >= 0.6 is 11.3 Å². The maximum absolute atomic E-state index is 4.75. The fourth-order valence-corrected chi connectivity index (χ4v) is 3.11. The van der Waals surface area contributed by atoms with Crippen LogP contribution in [-0.4, -0.2) is 16.1 Å². The third kappa shape index (κ3) is 4.97. The van der Waals surface area contributed by atoms with Gasteiger partial charge in [-0.25, -0.2) is 4.98 Å². The van der Waals surface area contributed by atoms with Crippen LogP contribution in [0.3, 0.4) is 0 Å². The van der Waals surface area contributed by atoms with Crippen LogP contribution in [0.15, 0.2) is 23.8 Å². The lowest BCUT2D eigenvalue weighted by Crippen LogP contribution is -2.18. The molecule has 1 N–H and O–H groups in total. The van der Waals surface area contributed by atoms with Crippen LogP contribution in [0.25, 0.3) is 0 Å². The lowest BCUT2D eigenvalue weighted by Gasteiger charge is -2.14. The fourth-order valence-electron chi connectivity index (χ4n) is 2.08. The minimum absolute atomic E-state index is 0.136. The lowest BCUT2D eigenvalue weighted by molar-refractivity contribution is 0.552. The Kier molecular flexibility index (Phi) is 5.22. The highest BCUT2D eigenvalue weighted by molar-refractivity contribution is 7.09. The average molecular weight is 305 g/mol. The van der Waals surface area contributed by atoms with Crippen molar-refractivity contribution in [2.75, 3.05) is 6.54 Å². The Hall–Kier alpha value is -1.13. The predicted molar refractivity (Wildman–Crippen MR) is 90.9 cm³/mol. The Labute approximate surface area is 132 Å². The van der Waals surface area contributed by atoms with E-state index in [1.165, 1.54) is 16.3 Å². The van der Waals surface area contributed by atoms with Gasteiger partial charge in [0.15, 0.2) is 0 Å². The van der Waals surface area contributed by atoms with E-state index in [4.69, 9.17) is 4.98 Å². The highest BCUT2D eigenvalue weighted by Crippen LogP contribution is 2.24. The van der Waals surface area contributed by atoms with Crippen LogP contribution in [0.1, 0.15) is 50.9 Å². The van der Waals surface area contributed by atoms with Crippen molar-refractivity contribution in [3.8, 4) is 0 Å². The largest absolute Gasteiger partial charge is 0.347 e. The van der Waals surface area contributed by atoms with E-state index in [-0.39, 0.29) is 5.41 Å². The molecule has 0 aliphatic rings. The molecule has 2 rings (SSSR count). The van der Waals surface area contributed by atoms with Crippen molar-refractivity contribution in [2.24, 2.45) is 5.92 Å². The molecule has 0 spiro atoms. The SMILES string of the molecule is CC(C)CNCc1ccn(Cc2nc(C(C)(C)C)cs2)c1. The molecule has 0 aromatic carbocycles. The molecular formula is C17H27N3S. The van der Waals surface area contributed by atoms with E-state index in [9.17, 15) is 0 Å². The predicted octanol–water partition coefficient (Wildman–Crippen LogP) is 4.04. The van der Waals surface area contributed by atoms with Gasteiger partial charge in [0.2, 0.25) is 0 Å². The van der Waals surface area contributed by atoms with Crippen molar-refractivity contribution in [2.45, 2.75) is 53.1 Å². The van der Waals surface area contributed by atoms with E-state index in [0.29, 0.717) is 5.92 Å². The number of hydrogen-bond acceptors (Lipinski definition) is 3. The first-order valence-electron chi connectivity index (χ1n) is 7.65. The first-order valence-corrected chi connectivity index (χ1v) is 8.53. The number of hydrogen-bond donors (Lipinski definition) is 1. The van der Waals surface area contributed by atoms with Crippen LogP contribution < -0.4 is 5.32 Å². The minimum atomic E-state index is 0.136. The van der Waals surface area contributed by atoms with Crippen LogP contribution in [-0.2, 0) is 18.5 Å². The van der Waals surface area contributed by atoms with E-state index in [1.54, 1.807) is 11.3 Å². The third-order valence-electron chi connectivity index (χ3n) is 3.33. The molecule has 0 amide bonds. The summed E-state index contributed by atoms with van der Waals surface area (Å²) in [6.45, 7) is 14.0. The van der Waals surface area contributed by atoms with Gasteiger partial charge >= 0.3 is 0 Å². The van der Waals surface area contributed by atoms with Gasteiger partial charge in [0.1, 0.15) is 5.01 Å². The molecule has 0 fully saturated rings. The molecule has 4 heteroatoms. The summed E-state index contributed by atoms with van der Waals surface area (Å²) in [6, 6.07) is 2.19. The molecule has 0 saturated carbocycles. The highest BCUT2D eigenvalue weighted by atomic mass is 32.1. The van der Waals surface area contributed by atoms with Crippen LogP contribution in [0.2, 0.25) is 0 Å². The summed E-state index contributed by atoms with van der Waals surface area (Å²) in [5.74, 6) is 0.693. The maximum atomic E-state index is 4.75. The minimum Gasteiger partial charge on any atom is -0.347 e. The van der Waals surface area contributed by atoms with Crippen molar-refractivity contribution < 1.29 is 0 Å². The summed E-state index contributed by atoms with van der Waals surface area (Å²) >= 11 is 1.75. The maximum Gasteiger partial charge on any atom is 0.113 e. The average Bonchev–Trinajstić information content (AvgIpc) is 2.98. The molecule has 116 valence electrons. The Bertz CT molecular complexity index is 561. The quantitative estimate of drug-likeness (QED) is 0.873. The molecule has 2 heterocycles. The summed E-state index contributed by atoms with van der Waals surface area (Å²) in [6.07, 6.45) is 4.36. The number of aromatic nitrogens is 2. The molecule has 0 radical (unpaired) electrons. The normalized spacial score (nSPS) is 12.3. The smallest absolute Gasteiger partial charge is 0.113 e. The molecule has 2 aromatic rings. The zero-order valence-electron chi connectivity index (χ0n) is 13.8. The Morgan fingerprint density at radius 3 is 2.71 bits per heavy atom. The van der Waals surface area contributed by atoms with Gasteiger partial charge in [-0.3, -0.25) is 0 Å². The first-order chi connectivity index (χ1) is 9.84. The number of thiazole rings is 1. The monoisotopic (exact) mass is 305 g/mol. The molecule has 21 heavy (non-hydrogen) atoms.